The van der Waals surface area contributed by atoms with Gasteiger partial charge in [-0.25, -0.2) is 0 Å². The maximum Gasteiger partial charge on any atom is 0.0400 e. The second-order valence-corrected chi connectivity index (χ2v) is 5.49. The van der Waals surface area contributed by atoms with Crippen molar-refractivity contribution in [2.24, 2.45) is 0 Å². The minimum atomic E-state index is 0.913. The molecule has 0 aliphatic heterocycles. The number of fused-ring (bicyclic) bond motifs is 1. The van der Waals surface area contributed by atoms with Crippen molar-refractivity contribution in [3.8, 4) is 0 Å². The lowest BCUT2D eigenvalue weighted by molar-refractivity contribution is 0.686. The number of rotatable bonds is 3. The third-order valence-electron chi connectivity index (χ3n) is 4.00. The molecule has 0 atom stereocenters. The molecule has 19 heavy (non-hydrogen) atoms. The van der Waals surface area contributed by atoms with Gasteiger partial charge in [0.05, 0.1) is 0 Å². The summed E-state index contributed by atoms with van der Waals surface area (Å²) in [5.74, 6) is 0. The zero-order valence-electron chi connectivity index (χ0n) is 11.6. The van der Waals surface area contributed by atoms with Gasteiger partial charge in [0.1, 0.15) is 0 Å². The highest BCUT2D eigenvalue weighted by atomic mass is 14.9. The van der Waals surface area contributed by atoms with E-state index in [9.17, 15) is 0 Å². The molecule has 3 rings (SSSR count). The Labute approximate surface area is 115 Å². The van der Waals surface area contributed by atoms with Gasteiger partial charge in [0.25, 0.3) is 0 Å². The molecule has 0 spiro atoms. The van der Waals surface area contributed by atoms with Crippen LogP contribution >= 0.6 is 0 Å². The summed E-state index contributed by atoms with van der Waals surface area (Å²) in [4.78, 5) is 0. The Balaban J connectivity index is 1.75. The Kier molecular flexibility index (Phi) is 3.54. The lowest BCUT2D eigenvalue weighted by atomic mass is 9.90. The van der Waals surface area contributed by atoms with Crippen LogP contribution in [0.25, 0.3) is 0 Å². The highest BCUT2D eigenvalue weighted by Crippen LogP contribution is 2.28. The Morgan fingerprint density at radius 2 is 1.74 bits per heavy atom. The molecular weight excluding hydrogens is 230 g/mol. The van der Waals surface area contributed by atoms with Crippen LogP contribution in [0.4, 0.5) is 5.69 Å². The smallest absolute Gasteiger partial charge is 0.0400 e. The SMILES string of the molecule is Cc1ccc(CNc2cccc3c2CCCC3)cc1. The van der Waals surface area contributed by atoms with Crippen molar-refractivity contribution in [3.63, 3.8) is 0 Å². The van der Waals surface area contributed by atoms with Gasteiger partial charge in [0.2, 0.25) is 0 Å². The van der Waals surface area contributed by atoms with Gasteiger partial charge in [-0.15, -0.1) is 0 Å². The summed E-state index contributed by atoms with van der Waals surface area (Å²) in [5.41, 5.74) is 7.08. The molecule has 1 aliphatic rings. The first-order valence-electron chi connectivity index (χ1n) is 7.23. The molecule has 0 bridgehead atoms. The van der Waals surface area contributed by atoms with Crippen LogP contribution < -0.4 is 5.32 Å². The second kappa shape index (κ2) is 5.48. The van der Waals surface area contributed by atoms with E-state index in [1.54, 1.807) is 11.1 Å². The Morgan fingerprint density at radius 1 is 0.947 bits per heavy atom. The van der Waals surface area contributed by atoms with E-state index < -0.39 is 0 Å². The van der Waals surface area contributed by atoms with Crippen molar-refractivity contribution in [1.29, 1.82) is 0 Å². The molecule has 0 heterocycles. The summed E-state index contributed by atoms with van der Waals surface area (Å²) in [7, 11) is 0. The largest absolute Gasteiger partial charge is 0.381 e. The van der Waals surface area contributed by atoms with Crippen molar-refractivity contribution in [2.75, 3.05) is 5.32 Å². The van der Waals surface area contributed by atoms with Crippen LogP contribution in [0.15, 0.2) is 42.5 Å². The second-order valence-electron chi connectivity index (χ2n) is 5.49. The molecule has 0 saturated carbocycles. The van der Waals surface area contributed by atoms with Crippen molar-refractivity contribution < 1.29 is 0 Å². The van der Waals surface area contributed by atoms with Crippen molar-refractivity contribution in [1.82, 2.24) is 0 Å². The quantitative estimate of drug-likeness (QED) is 0.847. The van der Waals surface area contributed by atoms with Gasteiger partial charge in [0, 0.05) is 12.2 Å². The van der Waals surface area contributed by atoms with Crippen LogP contribution in [0.3, 0.4) is 0 Å². The van der Waals surface area contributed by atoms with E-state index in [1.165, 1.54) is 42.5 Å². The Bertz CT molecular complexity index is 554. The topological polar surface area (TPSA) is 12.0 Å². The summed E-state index contributed by atoms with van der Waals surface area (Å²) >= 11 is 0. The number of benzene rings is 2. The fourth-order valence-electron chi connectivity index (χ4n) is 2.85. The molecule has 2 aromatic carbocycles. The highest BCUT2D eigenvalue weighted by molar-refractivity contribution is 5.55. The standard InChI is InChI=1S/C18H21N/c1-14-9-11-15(12-10-14)13-19-18-8-4-6-16-5-2-3-7-17(16)18/h4,6,8-12,19H,2-3,5,7,13H2,1H3. The molecule has 0 amide bonds. The molecule has 0 unspecified atom stereocenters. The van der Waals surface area contributed by atoms with Crippen LogP contribution in [0, 0.1) is 6.92 Å². The predicted molar refractivity (Wildman–Crippen MR) is 81.6 cm³/mol. The molecule has 2 aromatic rings. The summed E-state index contributed by atoms with van der Waals surface area (Å²) in [6, 6.07) is 15.5. The molecule has 1 nitrogen and oxygen atoms in total. The van der Waals surface area contributed by atoms with E-state index in [1.807, 2.05) is 0 Å². The van der Waals surface area contributed by atoms with Gasteiger partial charge in [-0.05, 0) is 55.4 Å². The first-order valence-corrected chi connectivity index (χ1v) is 7.23. The van der Waals surface area contributed by atoms with E-state index >= 15 is 0 Å². The lowest BCUT2D eigenvalue weighted by Crippen LogP contribution is -2.08. The molecule has 0 aromatic heterocycles. The van der Waals surface area contributed by atoms with Crippen LogP contribution in [-0.4, -0.2) is 0 Å². The molecule has 1 aliphatic carbocycles. The molecule has 0 saturated heterocycles. The third-order valence-corrected chi connectivity index (χ3v) is 4.00. The average molecular weight is 251 g/mol. The molecular formula is C18H21N. The number of aryl methyl sites for hydroxylation is 2. The minimum Gasteiger partial charge on any atom is -0.381 e. The summed E-state index contributed by atoms with van der Waals surface area (Å²) < 4.78 is 0. The van der Waals surface area contributed by atoms with Crippen molar-refractivity contribution >= 4 is 5.69 Å². The Morgan fingerprint density at radius 3 is 2.58 bits per heavy atom. The number of hydrogen-bond donors (Lipinski definition) is 1. The summed E-state index contributed by atoms with van der Waals surface area (Å²) in [6.45, 7) is 3.04. The van der Waals surface area contributed by atoms with E-state index in [0.29, 0.717) is 0 Å². The molecule has 1 heteroatoms. The zero-order chi connectivity index (χ0) is 13.1. The maximum absolute atomic E-state index is 3.61. The molecule has 98 valence electrons. The first kappa shape index (κ1) is 12.3. The normalized spacial score (nSPS) is 13.9. The lowest BCUT2D eigenvalue weighted by Gasteiger charge is -2.20. The fourth-order valence-corrected chi connectivity index (χ4v) is 2.85. The van der Waals surface area contributed by atoms with Crippen molar-refractivity contribution in [3.05, 3.63) is 64.7 Å². The average Bonchev–Trinajstić information content (AvgIpc) is 2.47. The fraction of sp³-hybridized carbons (Fsp3) is 0.333. The van der Waals surface area contributed by atoms with E-state index in [2.05, 4.69) is 54.7 Å². The molecule has 0 radical (unpaired) electrons. The van der Waals surface area contributed by atoms with Gasteiger partial charge in [-0.1, -0.05) is 42.0 Å². The maximum atomic E-state index is 3.61. The van der Waals surface area contributed by atoms with Crippen molar-refractivity contribution in [2.45, 2.75) is 39.2 Å². The highest BCUT2D eigenvalue weighted by Gasteiger charge is 2.12. The number of anilines is 1. The van der Waals surface area contributed by atoms with Crippen LogP contribution in [-0.2, 0) is 19.4 Å². The van der Waals surface area contributed by atoms with Crippen LogP contribution in [0.1, 0.15) is 35.1 Å². The Hall–Kier alpha value is -1.76. The molecule has 0 fully saturated rings. The summed E-state index contributed by atoms with van der Waals surface area (Å²) in [6.07, 6.45) is 5.15. The number of hydrogen-bond acceptors (Lipinski definition) is 1. The third kappa shape index (κ3) is 2.81. The first-order chi connectivity index (χ1) is 9.33. The van der Waals surface area contributed by atoms with E-state index in [4.69, 9.17) is 0 Å². The van der Waals surface area contributed by atoms with Gasteiger partial charge < -0.3 is 5.32 Å². The zero-order valence-corrected chi connectivity index (χ0v) is 11.6. The van der Waals surface area contributed by atoms with E-state index in [0.717, 1.165) is 6.54 Å². The van der Waals surface area contributed by atoms with Gasteiger partial charge in [-0.2, -0.15) is 0 Å². The van der Waals surface area contributed by atoms with Gasteiger partial charge in [0.15, 0.2) is 0 Å². The van der Waals surface area contributed by atoms with E-state index in [-0.39, 0.29) is 0 Å². The minimum absolute atomic E-state index is 0.913. The van der Waals surface area contributed by atoms with Gasteiger partial charge >= 0.3 is 0 Å². The predicted octanol–water partition coefficient (Wildman–Crippen LogP) is 4.49. The summed E-state index contributed by atoms with van der Waals surface area (Å²) in [5, 5.41) is 3.61. The van der Waals surface area contributed by atoms with Gasteiger partial charge in [-0.3, -0.25) is 0 Å². The van der Waals surface area contributed by atoms with Crippen LogP contribution in [0.2, 0.25) is 0 Å². The molecule has 1 N–H and O–H groups in total. The van der Waals surface area contributed by atoms with Crippen LogP contribution in [0.5, 0.6) is 0 Å². The number of nitrogens with one attached hydrogen (secondary N) is 1. The monoisotopic (exact) mass is 251 g/mol.